The minimum absolute atomic E-state index is 0.00929. The Morgan fingerprint density at radius 1 is 1.04 bits per heavy atom. The molecule has 0 radical (unpaired) electrons. The van der Waals surface area contributed by atoms with Gasteiger partial charge in [-0.15, -0.1) is 0 Å². The van der Waals surface area contributed by atoms with Crippen molar-refractivity contribution in [1.82, 2.24) is 0 Å². The number of nitrogens with zero attached hydrogens (tertiary/aromatic N) is 1. The molecule has 2 aliphatic heterocycles. The molecule has 3 fully saturated rings. The van der Waals surface area contributed by atoms with Gasteiger partial charge in [-0.3, -0.25) is 4.79 Å². The number of fused-ring (bicyclic) bond motifs is 3. The van der Waals surface area contributed by atoms with Crippen LogP contribution in [0.4, 0.5) is 0 Å². The van der Waals surface area contributed by atoms with Crippen LogP contribution in [-0.4, -0.2) is 56.1 Å². The van der Waals surface area contributed by atoms with Crippen molar-refractivity contribution in [2.24, 2.45) is 34.8 Å². The number of carbonyl (C=O) groups excluding carboxylic acids is 2. The quantitative estimate of drug-likeness (QED) is 0.530. The lowest BCUT2D eigenvalue weighted by Gasteiger charge is -2.45. The first kappa shape index (κ1) is 21.2. The Morgan fingerprint density at radius 2 is 1.75 bits per heavy atom. The van der Waals surface area contributed by atoms with Gasteiger partial charge in [-0.25, -0.2) is 4.79 Å². The molecule has 0 aromatic heterocycles. The van der Waals surface area contributed by atoms with Gasteiger partial charge in [0, 0.05) is 6.92 Å². The molecule has 158 valence electrons. The summed E-state index contributed by atoms with van der Waals surface area (Å²) in [5.74, 6) is -0.374. The number of hydrogen-bond acceptors (Lipinski definition) is 8. The maximum Gasteiger partial charge on any atom is 0.335 e. The zero-order chi connectivity index (χ0) is 20.6. The molecule has 0 aromatic carbocycles. The summed E-state index contributed by atoms with van der Waals surface area (Å²) < 4.78 is 22.4. The highest BCUT2D eigenvalue weighted by Crippen LogP contribution is 2.50. The second-order valence-electron chi connectivity index (χ2n) is 8.58. The zero-order valence-electron chi connectivity index (χ0n) is 17.2. The van der Waals surface area contributed by atoms with Crippen LogP contribution in [0.25, 0.3) is 0 Å². The Kier molecular flexibility index (Phi) is 6.39. The largest absolute Gasteiger partial charge is 0.467 e. The monoisotopic (exact) mass is 397 g/mol. The van der Waals surface area contributed by atoms with Crippen LogP contribution < -0.4 is 0 Å². The van der Waals surface area contributed by atoms with Crippen molar-refractivity contribution < 1.29 is 28.5 Å². The second kappa shape index (κ2) is 8.45. The summed E-state index contributed by atoms with van der Waals surface area (Å²) in [6.07, 6.45) is -0.111. The van der Waals surface area contributed by atoms with Crippen LogP contribution in [0.5, 0.6) is 0 Å². The van der Waals surface area contributed by atoms with Gasteiger partial charge >= 0.3 is 11.9 Å². The molecule has 0 aromatic rings. The van der Waals surface area contributed by atoms with Gasteiger partial charge in [0.1, 0.15) is 12.6 Å². The average Bonchev–Trinajstić information content (AvgIpc) is 2.79. The van der Waals surface area contributed by atoms with Crippen molar-refractivity contribution in [3.63, 3.8) is 0 Å². The molecule has 1 aliphatic carbocycles. The van der Waals surface area contributed by atoms with E-state index in [9.17, 15) is 14.5 Å². The van der Waals surface area contributed by atoms with E-state index in [1.165, 1.54) is 14.0 Å². The molecule has 0 amide bonds. The summed E-state index contributed by atoms with van der Waals surface area (Å²) in [6, 6.07) is -0.501. The van der Waals surface area contributed by atoms with Gasteiger partial charge in [0.25, 0.3) is 0 Å². The maximum atomic E-state index is 12.3. The molecule has 10 atom stereocenters. The number of hydrogen-bond donors (Lipinski definition) is 0. The Balaban J connectivity index is 1.92. The van der Waals surface area contributed by atoms with E-state index < -0.39 is 24.2 Å². The molecule has 2 bridgehead atoms. The molecule has 3 rings (SSSR count). The number of ether oxygens (including phenoxy) is 4. The molecule has 8 nitrogen and oxygen atoms in total. The lowest BCUT2D eigenvalue weighted by Crippen LogP contribution is -2.51. The predicted molar refractivity (Wildman–Crippen MR) is 99.3 cm³/mol. The Bertz CT molecular complexity index is 611. The van der Waals surface area contributed by atoms with E-state index in [1.807, 2.05) is 13.8 Å². The van der Waals surface area contributed by atoms with Crippen molar-refractivity contribution in [3.8, 4) is 0 Å². The van der Waals surface area contributed by atoms with Crippen LogP contribution in [0, 0.1) is 34.5 Å². The molecule has 0 N–H and O–H groups in total. The lowest BCUT2D eigenvalue weighted by atomic mass is 9.69. The minimum atomic E-state index is -0.696. The minimum Gasteiger partial charge on any atom is -0.467 e. The first-order valence-corrected chi connectivity index (χ1v) is 10.1. The summed E-state index contributed by atoms with van der Waals surface area (Å²) in [4.78, 5) is 35.3. The van der Waals surface area contributed by atoms with E-state index in [4.69, 9.17) is 18.9 Å². The highest BCUT2D eigenvalue weighted by molar-refractivity contribution is 5.75. The van der Waals surface area contributed by atoms with Crippen molar-refractivity contribution in [1.29, 1.82) is 0 Å². The van der Waals surface area contributed by atoms with Gasteiger partial charge in [-0.2, -0.15) is 4.91 Å². The molecular formula is C20H31NO7. The van der Waals surface area contributed by atoms with Crippen molar-refractivity contribution in [2.45, 2.75) is 71.0 Å². The number of methoxy groups -OCH3 is 1. The van der Waals surface area contributed by atoms with Crippen LogP contribution in [0.2, 0.25) is 0 Å². The second-order valence-corrected chi connectivity index (χ2v) is 8.58. The summed E-state index contributed by atoms with van der Waals surface area (Å²) in [6.45, 7) is 7.69. The van der Waals surface area contributed by atoms with Crippen LogP contribution in [-0.2, 0) is 28.5 Å². The fourth-order valence-corrected chi connectivity index (χ4v) is 5.46. The van der Waals surface area contributed by atoms with E-state index in [0.29, 0.717) is 6.42 Å². The summed E-state index contributed by atoms with van der Waals surface area (Å²) in [5.41, 5.74) is 0. The normalized spacial score (nSPS) is 45.3. The van der Waals surface area contributed by atoms with Gasteiger partial charge < -0.3 is 18.9 Å². The molecule has 2 heterocycles. The van der Waals surface area contributed by atoms with E-state index >= 15 is 0 Å². The molecule has 8 heteroatoms. The van der Waals surface area contributed by atoms with Crippen molar-refractivity contribution >= 4 is 11.9 Å². The third kappa shape index (κ3) is 3.81. The molecular weight excluding hydrogens is 366 g/mol. The summed E-state index contributed by atoms with van der Waals surface area (Å²) >= 11 is 0. The molecule has 28 heavy (non-hydrogen) atoms. The Labute approximate surface area is 165 Å². The Hall–Kier alpha value is -1.54. The number of esters is 2. The summed E-state index contributed by atoms with van der Waals surface area (Å²) in [5, 5.41) is 3.41. The molecule has 3 aliphatic rings. The molecule has 0 spiro atoms. The fourth-order valence-electron chi connectivity index (χ4n) is 5.46. The Morgan fingerprint density at radius 3 is 2.36 bits per heavy atom. The van der Waals surface area contributed by atoms with E-state index in [1.54, 1.807) is 0 Å². The van der Waals surface area contributed by atoms with Gasteiger partial charge in [0.15, 0.2) is 6.10 Å². The lowest BCUT2D eigenvalue weighted by molar-refractivity contribution is -0.181. The van der Waals surface area contributed by atoms with Gasteiger partial charge in [0.2, 0.25) is 0 Å². The van der Waals surface area contributed by atoms with Gasteiger partial charge in [-0.1, -0.05) is 19.0 Å². The predicted octanol–water partition coefficient (Wildman–Crippen LogP) is 2.33. The van der Waals surface area contributed by atoms with E-state index in [-0.39, 0.29) is 54.4 Å². The standard InChI is InChI=1S/C20H31NO7/c1-9-11(3)27-17(8-26-12(4)22)15-7-16-18(21-24)14(6-13(9)15)10(2)19(28-16)20(23)25-5/h9-11,13-19H,6-8H2,1-5H3. The van der Waals surface area contributed by atoms with Gasteiger partial charge in [0.05, 0.1) is 25.4 Å². The average molecular weight is 397 g/mol. The fraction of sp³-hybridized carbons (Fsp3) is 0.900. The highest BCUT2D eigenvalue weighted by atomic mass is 16.6. The van der Waals surface area contributed by atoms with Crippen LogP contribution in [0.1, 0.15) is 40.5 Å². The van der Waals surface area contributed by atoms with Crippen molar-refractivity contribution in [2.75, 3.05) is 13.7 Å². The zero-order valence-corrected chi connectivity index (χ0v) is 17.2. The number of nitroso groups, excluding NO2 is 1. The smallest absolute Gasteiger partial charge is 0.335 e. The van der Waals surface area contributed by atoms with Crippen LogP contribution >= 0.6 is 0 Å². The SMILES string of the molecule is COC(=O)C1OC2CC3C(COC(C)=O)OC(C)C(C)C3CC(C1C)C2N=O. The summed E-state index contributed by atoms with van der Waals surface area (Å²) in [7, 11) is 1.35. The first-order chi connectivity index (χ1) is 13.3. The number of rotatable bonds is 4. The number of carbonyl (C=O) groups is 2. The van der Waals surface area contributed by atoms with E-state index in [0.717, 1.165) is 6.42 Å². The van der Waals surface area contributed by atoms with Crippen molar-refractivity contribution in [3.05, 3.63) is 4.91 Å². The van der Waals surface area contributed by atoms with E-state index in [2.05, 4.69) is 12.1 Å². The molecule has 1 saturated carbocycles. The topological polar surface area (TPSA) is 100 Å². The third-order valence-corrected chi connectivity index (χ3v) is 7.18. The van der Waals surface area contributed by atoms with Crippen LogP contribution in [0.15, 0.2) is 5.18 Å². The third-order valence-electron chi connectivity index (χ3n) is 7.18. The maximum absolute atomic E-state index is 12.3. The first-order valence-electron chi connectivity index (χ1n) is 10.1. The van der Waals surface area contributed by atoms with Gasteiger partial charge in [-0.05, 0) is 49.4 Å². The molecule has 10 unspecified atom stereocenters. The molecule has 2 saturated heterocycles. The highest BCUT2D eigenvalue weighted by Gasteiger charge is 2.55. The van der Waals surface area contributed by atoms with Crippen LogP contribution in [0.3, 0.4) is 0 Å².